The van der Waals surface area contributed by atoms with E-state index in [1.165, 1.54) is 8.99 Å². The van der Waals surface area contributed by atoms with Crippen LogP contribution in [0.4, 0.5) is 5.82 Å². The Hall–Kier alpha value is -3.57. The summed E-state index contributed by atoms with van der Waals surface area (Å²) >= 11 is 0. The van der Waals surface area contributed by atoms with Crippen LogP contribution in [0.3, 0.4) is 0 Å². The van der Waals surface area contributed by atoms with Crippen LogP contribution in [0, 0.1) is 19.8 Å². The van der Waals surface area contributed by atoms with Crippen molar-refractivity contribution >= 4 is 27.7 Å². The lowest BCUT2D eigenvalue weighted by Crippen LogP contribution is -2.47. The van der Waals surface area contributed by atoms with Crippen LogP contribution in [0.15, 0.2) is 59.6 Å². The highest BCUT2D eigenvalue weighted by atomic mass is 32.2. The van der Waals surface area contributed by atoms with Gasteiger partial charge in [-0.2, -0.15) is 14.1 Å². The predicted octanol–water partition coefficient (Wildman–Crippen LogP) is 2.43. The first-order valence-corrected chi connectivity index (χ1v) is 13.3. The lowest BCUT2D eigenvalue weighted by Gasteiger charge is -2.31. The number of hydrogen-bond acceptors (Lipinski definition) is 6. The molecule has 0 aliphatic carbocycles. The third kappa shape index (κ3) is 5.63. The van der Waals surface area contributed by atoms with Crippen LogP contribution < -0.4 is 10.6 Å². The molecule has 2 N–H and O–H groups in total. The van der Waals surface area contributed by atoms with Crippen LogP contribution in [0.1, 0.15) is 31.0 Å². The standard InChI is InChI=1S/C25H30N6O4S/c1-17-7-9-21(10-8-17)36(34,35)30-14-11-20(12-15-30)25(33)27-19(3)24(32)28-23-16-18(2)29-31(23)22-6-4-5-13-26-22/h4-10,13,16,19-20H,11-12,14-15H2,1-3H3,(H,27,33)(H,28,32). The van der Waals surface area contributed by atoms with Gasteiger partial charge in [0.15, 0.2) is 5.82 Å². The van der Waals surface area contributed by atoms with Gasteiger partial charge in [-0.15, -0.1) is 0 Å². The summed E-state index contributed by atoms with van der Waals surface area (Å²) in [6.45, 7) is 5.82. The summed E-state index contributed by atoms with van der Waals surface area (Å²) in [7, 11) is -3.60. The second-order valence-corrected chi connectivity index (χ2v) is 10.9. The van der Waals surface area contributed by atoms with Crippen molar-refractivity contribution in [2.75, 3.05) is 18.4 Å². The molecule has 1 fully saturated rings. The van der Waals surface area contributed by atoms with E-state index in [2.05, 4.69) is 20.7 Å². The minimum atomic E-state index is -3.60. The number of piperidine rings is 1. The van der Waals surface area contributed by atoms with Gasteiger partial charge in [-0.05, 0) is 57.9 Å². The van der Waals surface area contributed by atoms with Gasteiger partial charge in [0.05, 0.1) is 10.6 Å². The van der Waals surface area contributed by atoms with E-state index < -0.39 is 16.1 Å². The van der Waals surface area contributed by atoms with Gasteiger partial charge in [-0.3, -0.25) is 9.59 Å². The van der Waals surface area contributed by atoms with Gasteiger partial charge in [0.25, 0.3) is 0 Å². The first-order chi connectivity index (χ1) is 17.1. The van der Waals surface area contributed by atoms with Gasteiger partial charge in [0.2, 0.25) is 21.8 Å². The Bertz CT molecular complexity index is 1330. The van der Waals surface area contributed by atoms with E-state index in [1.807, 2.05) is 19.9 Å². The fourth-order valence-electron chi connectivity index (χ4n) is 4.09. The molecule has 1 saturated heterocycles. The molecule has 0 saturated carbocycles. The number of rotatable bonds is 7. The van der Waals surface area contributed by atoms with E-state index in [-0.39, 0.29) is 35.7 Å². The highest BCUT2D eigenvalue weighted by Gasteiger charge is 2.33. The largest absolute Gasteiger partial charge is 0.344 e. The molecule has 36 heavy (non-hydrogen) atoms. The second-order valence-electron chi connectivity index (χ2n) is 8.98. The zero-order chi connectivity index (χ0) is 25.9. The summed E-state index contributed by atoms with van der Waals surface area (Å²) in [4.78, 5) is 30.2. The molecule has 0 spiro atoms. The van der Waals surface area contributed by atoms with E-state index in [0.29, 0.717) is 30.2 Å². The fourth-order valence-corrected chi connectivity index (χ4v) is 5.56. The van der Waals surface area contributed by atoms with Gasteiger partial charge in [0.1, 0.15) is 11.9 Å². The maximum atomic E-state index is 12.9. The van der Waals surface area contributed by atoms with Crippen LogP contribution in [0.25, 0.3) is 5.82 Å². The summed E-state index contributed by atoms with van der Waals surface area (Å²) in [5.74, 6) is -0.0119. The third-order valence-corrected chi connectivity index (χ3v) is 8.10. The molecule has 0 radical (unpaired) electrons. The average Bonchev–Trinajstić information content (AvgIpc) is 3.24. The number of carbonyl (C=O) groups excluding carboxylic acids is 2. The summed E-state index contributed by atoms with van der Waals surface area (Å²) in [5, 5.41) is 9.95. The Morgan fingerprint density at radius 1 is 1.06 bits per heavy atom. The molecular formula is C25H30N6O4S. The normalized spacial score (nSPS) is 15.9. The average molecular weight is 511 g/mol. The summed E-state index contributed by atoms with van der Waals surface area (Å²) in [5.41, 5.74) is 1.69. The van der Waals surface area contributed by atoms with Crippen LogP contribution in [-0.4, -0.2) is 58.4 Å². The van der Waals surface area contributed by atoms with Crippen LogP contribution >= 0.6 is 0 Å². The van der Waals surface area contributed by atoms with Crippen molar-refractivity contribution in [2.24, 2.45) is 5.92 Å². The molecule has 190 valence electrons. The zero-order valence-electron chi connectivity index (χ0n) is 20.5. The minimum Gasteiger partial charge on any atom is -0.344 e. The molecule has 1 aliphatic rings. The second kappa shape index (κ2) is 10.6. The van der Waals surface area contributed by atoms with Crippen molar-refractivity contribution in [3.05, 3.63) is 66.0 Å². The lowest BCUT2D eigenvalue weighted by atomic mass is 9.97. The number of pyridine rings is 1. The first-order valence-electron chi connectivity index (χ1n) is 11.8. The number of aryl methyl sites for hydroxylation is 2. The molecule has 4 rings (SSSR count). The molecule has 1 atom stereocenters. The molecule has 2 aromatic heterocycles. The van der Waals surface area contributed by atoms with Crippen LogP contribution in [0.5, 0.6) is 0 Å². The maximum absolute atomic E-state index is 12.9. The van der Waals surface area contributed by atoms with Crippen LogP contribution in [0.2, 0.25) is 0 Å². The molecular weight excluding hydrogens is 480 g/mol. The Labute approximate surface area is 210 Å². The van der Waals surface area contributed by atoms with Gasteiger partial charge < -0.3 is 10.6 Å². The lowest BCUT2D eigenvalue weighted by molar-refractivity contribution is -0.129. The van der Waals surface area contributed by atoms with E-state index >= 15 is 0 Å². The number of anilines is 1. The number of amides is 2. The molecule has 3 heterocycles. The quantitative estimate of drug-likeness (QED) is 0.503. The van der Waals surface area contributed by atoms with Gasteiger partial charge >= 0.3 is 0 Å². The Balaban J connectivity index is 1.33. The smallest absolute Gasteiger partial charge is 0.247 e. The van der Waals surface area contributed by atoms with Gasteiger partial charge in [-0.25, -0.2) is 13.4 Å². The molecule has 1 unspecified atom stereocenters. The van der Waals surface area contributed by atoms with Crippen molar-refractivity contribution in [1.29, 1.82) is 0 Å². The minimum absolute atomic E-state index is 0.247. The third-order valence-electron chi connectivity index (χ3n) is 6.18. The molecule has 3 aromatic rings. The van der Waals surface area contributed by atoms with Crippen LogP contribution in [-0.2, 0) is 19.6 Å². The monoisotopic (exact) mass is 510 g/mol. The predicted molar refractivity (Wildman–Crippen MR) is 135 cm³/mol. The maximum Gasteiger partial charge on any atom is 0.247 e. The van der Waals surface area contributed by atoms with Crippen molar-refractivity contribution in [1.82, 2.24) is 24.4 Å². The molecule has 1 aromatic carbocycles. The number of nitrogens with one attached hydrogen (secondary N) is 2. The molecule has 2 amide bonds. The van der Waals surface area contributed by atoms with Gasteiger partial charge in [0, 0.05) is 31.3 Å². The van der Waals surface area contributed by atoms with Gasteiger partial charge in [-0.1, -0.05) is 23.8 Å². The highest BCUT2D eigenvalue weighted by molar-refractivity contribution is 7.89. The zero-order valence-corrected chi connectivity index (χ0v) is 21.3. The Morgan fingerprint density at radius 3 is 2.39 bits per heavy atom. The number of benzene rings is 1. The van der Waals surface area contributed by atoms with Crippen molar-refractivity contribution in [3.8, 4) is 5.82 Å². The number of sulfonamides is 1. The summed E-state index contributed by atoms with van der Waals surface area (Å²) in [6.07, 6.45) is 2.41. The van der Waals surface area contributed by atoms with E-state index in [0.717, 1.165) is 5.56 Å². The topological polar surface area (TPSA) is 126 Å². The highest BCUT2D eigenvalue weighted by Crippen LogP contribution is 2.24. The Kier molecular flexibility index (Phi) is 7.51. The van der Waals surface area contributed by atoms with E-state index in [1.54, 1.807) is 55.6 Å². The molecule has 11 heteroatoms. The summed E-state index contributed by atoms with van der Waals surface area (Å²) in [6, 6.07) is 13.1. The van der Waals surface area contributed by atoms with E-state index in [4.69, 9.17) is 0 Å². The molecule has 1 aliphatic heterocycles. The molecule has 0 bridgehead atoms. The number of hydrogen-bond donors (Lipinski definition) is 2. The number of nitrogens with zero attached hydrogens (tertiary/aromatic N) is 4. The van der Waals surface area contributed by atoms with Crippen molar-refractivity contribution < 1.29 is 18.0 Å². The number of carbonyl (C=O) groups is 2. The number of aromatic nitrogens is 3. The van der Waals surface area contributed by atoms with Crippen molar-refractivity contribution in [2.45, 2.75) is 44.6 Å². The first kappa shape index (κ1) is 25.5. The van der Waals surface area contributed by atoms with Crippen molar-refractivity contribution in [3.63, 3.8) is 0 Å². The SMILES string of the molecule is Cc1ccc(S(=O)(=O)N2CCC(C(=O)NC(C)C(=O)Nc3cc(C)nn3-c3ccccn3)CC2)cc1. The molecule has 10 nitrogen and oxygen atoms in total. The van der Waals surface area contributed by atoms with E-state index in [9.17, 15) is 18.0 Å². The Morgan fingerprint density at radius 2 is 1.75 bits per heavy atom. The fraction of sp³-hybridized carbons (Fsp3) is 0.360. The summed E-state index contributed by atoms with van der Waals surface area (Å²) < 4.78 is 28.8.